The average molecular weight is 257 g/mol. The minimum absolute atomic E-state index is 0.152. The van der Waals surface area contributed by atoms with Gasteiger partial charge in [-0.25, -0.2) is 13.9 Å². The number of hydrogen-bond donors (Lipinski definition) is 1. The third-order valence-corrected chi connectivity index (χ3v) is 2.76. The summed E-state index contributed by atoms with van der Waals surface area (Å²) in [7, 11) is 0. The monoisotopic (exact) mass is 257 g/mol. The highest BCUT2D eigenvalue weighted by atomic mass is 19.1. The first kappa shape index (κ1) is 11.3. The van der Waals surface area contributed by atoms with E-state index in [-0.39, 0.29) is 11.4 Å². The topological polar surface area (TPSA) is 68.0 Å². The number of carboxylic acid groups (broad SMARTS) is 1. The molecule has 1 heterocycles. The van der Waals surface area contributed by atoms with Crippen molar-refractivity contribution in [2.45, 2.75) is 0 Å². The van der Waals surface area contributed by atoms with Gasteiger partial charge in [-0.05, 0) is 42.5 Å². The molecule has 2 aromatic carbocycles. The first-order chi connectivity index (χ1) is 9.15. The van der Waals surface area contributed by atoms with Crippen LogP contribution < -0.4 is 0 Å². The van der Waals surface area contributed by atoms with Crippen molar-refractivity contribution in [3.8, 4) is 5.69 Å². The highest BCUT2D eigenvalue weighted by molar-refractivity contribution is 5.92. The number of aromatic carboxylic acids is 1. The minimum atomic E-state index is -1.02. The lowest BCUT2D eigenvalue weighted by molar-refractivity contribution is 0.0697. The highest BCUT2D eigenvalue weighted by Crippen LogP contribution is 2.18. The smallest absolute Gasteiger partial charge is 0.335 e. The Balaban J connectivity index is 2.15. The Labute approximate surface area is 106 Å². The lowest BCUT2D eigenvalue weighted by Crippen LogP contribution is -1.97. The molecular formula is C13H8FN3O2. The van der Waals surface area contributed by atoms with Crippen LogP contribution in [-0.4, -0.2) is 26.1 Å². The van der Waals surface area contributed by atoms with Crippen molar-refractivity contribution < 1.29 is 14.3 Å². The maximum Gasteiger partial charge on any atom is 0.335 e. The Hall–Kier alpha value is -2.76. The van der Waals surface area contributed by atoms with Gasteiger partial charge in [0.1, 0.15) is 11.3 Å². The Bertz CT molecular complexity index is 765. The molecule has 0 spiro atoms. The summed E-state index contributed by atoms with van der Waals surface area (Å²) in [6, 6.07) is 10.4. The zero-order valence-corrected chi connectivity index (χ0v) is 9.62. The number of carbonyl (C=O) groups is 1. The van der Waals surface area contributed by atoms with Crippen LogP contribution in [0.1, 0.15) is 10.4 Å². The molecule has 0 saturated carbocycles. The van der Waals surface area contributed by atoms with Crippen molar-refractivity contribution in [1.82, 2.24) is 15.0 Å². The summed E-state index contributed by atoms with van der Waals surface area (Å²) in [6.45, 7) is 0. The van der Waals surface area contributed by atoms with E-state index >= 15 is 0 Å². The van der Waals surface area contributed by atoms with Crippen molar-refractivity contribution >= 4 is 17.0 Å². The molecule has 5 nitrogen and oxygen atoms in total. The maximum absolute atomic E-state index is 12.9. The quantitative estimate of drug-likeness (QED) is 0.764. The molecule has 19 heavy (non-hydrogen) atoms. The van der Waals surface area contributed by atoms with Crippen LogP contribution in [0, 0.1) is 5.82 Å². The third kappa shape index (κ3) is 1.93. The number of carboxylic acids is 1. The molecule has 3 aromatic rings. The summed E-state index contributed by atoms with van der Waals surface area (Å²) in [5.41, 5.74) is 1.95. The molecule has 0 fully saturated rings. The van der Waals surface area contributed by atoms with Crippen LogP contribution in [0.3, 0.4) is 0 Å². The lowest BCUT2D eigenvalue weighted by Gasteiger charge is -2.01. The number of fused-ring (bicyclic) bond motifs is 1. The summed E-state index contributed by atoms with van der Waals surface area (Å²) in [5, 5.41) is 16.8. The number of nitrogens with zero attached hydrogens (tertiary/aromatic N) is 3. The van der Waals surface area contributed by atoms with Crippen LogP contribution in [0.25, 0.3) is 16.7 Å². The fraction of sp³-hybridized carbons (Fsp3) is 0. The predicted octanol–water partition coefficient (Wildman–Crippen LogP) is 2.26. The van der Waals surface area contributed by atoms with Gasteiger partial charge in [0.25, 0.3) is 0 Å². The standard InChI is InChI=1S/C13H8FN3O2/c14-9-2-4-10(5-3-9)17-12-6-1-8(13(18)19)7-11(12)15-16-17/h1-7H,(H,18,19). The minimum Gasteiger partial charge on any atom is -0.478 e. The van der Waals surface area contributed by atoms with E-state index in [0.29, 0.717) is 16.7 Å². The summed E-state index contributed by atoms with van der Waals surface area (Å²) in [5.74, 6) is -1.35. The first-order valence-electron chi connectivity index (χ1n) is 5.50. The van der Waals surface area contributed by atoms with Gasteiger partial charge in [-0.2, -0.15) is 0 Å². The largest absolute Gasteiger partial charge is 0.478 e. The zero-order valence-electron chi connectivity index (χ0n) is 9.62. The number of rotatable bonds is 2. The Kier molecular flexibility index (Phi) is 2.49. The molecule has 1 N–H and O–H groups in total. The van der Waals surface area contributed by atoms with Gasteiger partial charge in [-0.3, -0.25) is 0 Å². The van der Waals surface area contributed by atoms with E-state index in [0.717, 1.165) is 0 Å². The molecule has 0 radical (unpaired) electrons. The van der Waals surface area contributed by atoms with Crippen molar-refractivity contribution in [3.63, 3.8) is 0 Å². The second-order valence-electron chi connectivity index (χ2n) is 3.99. The molecule has 1 aromatic heterocycles. The molecule has 0 atom stereocenters. The van der Waals surface area contributed by atoms with E-state index in [1.54, 1.807) is 18.2 Å². The molecule has 6 heteroatoms. The van der Waals surface area contributed by atoms with Gasteiger partial charge in [0, 0.05) is 0 Å². The van der Waals surface area contributed by atoms with Crippen molar-refractivity contribution in [2.75, 3.05) is 0 Å². The van der Waals surface area contributed by atoms with E-state index < -0.39 is 5.97 Å². The van der Waals surface area contributed by atoms with E-state index in [2.05, 4.69) is 10.3 Å². The Morgan fingerprint density at radius 2 is 1.89 bits per heavy atom. The molecule has 0 bridgehead atoms. The van der Waals surface area contributed by atoms with Crippen LogP contribution in [0.5, 0.6) is 0 Å². The van der Waals surface area contributed by atoms with Gasteiger partial charge < -0.3 is 5.11 Å². The fourth-order valence-electron chi connectivity index (χ4n) is 1.83. The second-order valence-corrected chi connectivity index (χ2v) is 3.99. The van der Waals surface area contributed by atoms with Crippen molar-refractivity contribution in [3.05, 3.63) is 53.8 Å². The highest BCUT2D eigenvalue weighted by Gasteiger charge is 2.10. The van der Waals surface area contributed by atoms with Gasteiger partial charge in [0.15, 0.2) is 0 Å². The lowest BCUT2D eigenvalue weighted by atomic mass is 10.2. The van der Waals surface area contributed by atoms with E-state index in [1.807, 2.05) is 0 Å². The van der Waals surface area contributed by atoms with Crippen LogP contribution in [0.2, 0.25) is 0 Å². The molecule has 0 saturated heterocycles. The number of benzene rings is 2. The third-order valence-electron chi connectivity index (χ3n) is 2.76. The van der Waals surface area contributed by atoms with Gasteiger partial charge in [0.05, 0.1) is 16.8 Å². The van der Waals surface area contributed by atoms with Crippen LogP contribution in [0.4, 0.5) is 4.39 Å². The number of halogens is 1. The van der Waals surface area contributed by atoms with Gasteiger partial charge in [0.2, 0.25) is 0 Å². The van der Waals surface area contributed by atoms with Crippen molar-refractivity contribution in [1.29, 1.82) is 0 Å². The molecule has 0 aliphatic rings. The van der Waals surface area contributed by atoms with Crippen molar-refractivity contribution in [2.24, 2.45) is 0 Å². The zero-order chi connectivity index (χ0) is 13.4. The van der Waals surface area contributed by atoms with Crippen LogP contribution in [0.15, 0.2) is 42.5 Å². The Morgan fingerprint density at radius 1 is 1.16 bits per heavy atom. The molecule has 94 valence electrons. The first-order valence-corrected chi connectivity index (χ1v) is 5.50. The summed E-state index contributed by atoms with van der Waals surface area (Å²) >= 11 is 0. The predicted molar refractivity (Wildman–Crippen MR) is 65.8 cm³/mol. The van der Waals surface area contributed by atoms with E-state index in [9.17, 15) is 9.18 Å². The van der Waals surface area contributed by atoms with Crippen LogP contribution >= 0.6 is 0 Å². The fourth-order valence-corrected chi connectivity index (χ4v) is 1.83. The molecule has 0 aliphatic heterocycles. The molecule has 0 unspecified atom stereocenters. The molecule has 0 aliphatic carbocycles. The Morgan fingerprint density at radius 3 is 2.58 bits per heavy atom. The number of hydrogen-bond acceptors (Lipinski definition) is 3. The van der Waals surface area contributed by atoms with Gasteiger partial charge in [-0.15, -0.1) is 5.10 Å². The van der Waals surface area contributed by atoms with Gasteiger partial charge >= 0.3 is 5.97 Å². The van der Waals surface area contributed by atoms with E-state index in [1.165, 1.54) is 28.9 Å². The van der Waals surface area contributed by atoms with E-state index in [4.69, 9.17) is 5.11 Å². The normalized spacial score (nSPS) is 10.8. The second kappa shape index (κ2) is 4.16. The molecule has 3 rings (SSSR count). The van der Waals surface area contributed by atoms with Crippen LogP contribution in [-0.2, 0) is 0 Å². The summed E-state index contributed by atoms with van der Waals surface area (Å²) in [4.78, 5) is 10.9. The summed E-state index contributed by atoms with van der Waals surface area (Å²) in [6.07, 6.45) is 0. The molecule has 0 amide bonds. The molecular weight excluding hydrogens is 249 g/mol. The SMILES string of the molecule is O=C(O)c1ccc2c(c1)nnn2-c1ccc(F)cc1. The van der Waals surface area contributed by atoms with Gasteiger partial charge in [-0.1, -0.05) is 5.21 Å². The number of aromatic nitrogens is 3. The average Bonchev–Trinajstić information content (AvgIpc) is 2.82. The summed E-state index contributed by atoms with van der Waals surface area (Å²) < 4.78 is 14.4. The maximum atomic E-state index is 12.9.